The van der Waals surface area contributed by atoms with Gasteiger partial charge in [-0.05, 0) is 49.4 Å². The van der Waals surface area contributed by atoms with E-state index in [9.17, 15) is 9.59 Å². The minimum Gasteiger partial charge on any atom is -0.463 e. The molecule has 0 aliphatic heterocycles. The highest BCUT2D eigenvalue weighted by molar-refractivity contribution is 7.13. The topological polar surface area (TPSA) is 120 Å². The van der Waals surface area contributed by atoms with Crippen LogP contribution >= 0.6 is 11.3 Å². The average Bonchev–Trinajstić information content (AvgIpc) is 3.59. The number of carbonyl (C=O) groups is 2. The van der Waals surface area contributed by atoms with Crippen molar-refractivity contribution >= 4 is 39.4 Å². The first kappa shape index (κ1) is 20.6. The molecule has 4 aromatic heterocycles. The standard InChI is InChI=1S/C23H16N4O5S/c1-13-12-33-23(24-13)27-19(28)11-32-22(29)14-6-7-15-16(10-14)26-21(18-5-3-9-31-18)20(25-15)17-4-2-8-30-17/h2-10,12H,11H2,1H3,(H,24,27,28). The SMILES string of the molecule is Cc1csc(NC(=O)COC(=O)c2ccc3nc(-c4ccco4)c(-c4ccco4)nc3c2)n1. The Morgan fingerprint density at radius 2 is 1.67 bits per heavy atom. The number of esters is 1. The lowest BCUT2D eigenvalue weighted by Gasteiger charge is -2.08. The van der Waals surface area contributed by atoms with E-state index in [1.165, 1.54) is 11.3 Å². The van der Waals surface area contributed by atoms with Crippen molar-refractivity contribution in [3.05, 3.63) is 71.6 Å². The van der Waals surface area contributed by atoms with E-state index in [1.807, 2.05) is 12.3 Å². The number of carbonyl (C=O) groups excluding carboxylic acids is 2. The molecule has 1 aromatic carbocycles. The van der Waals surface area contributed by atoms with Crippen molar-refractivity contribution in [3.63, 3.8) is 0 Å². The van der Waals surface area contributed by atoms with Crippen LogP contribution in [0.1, 0.15) is 16.1 Å². The number of nitrogens with one attached hydrogen (secondary N) is 1. The number of ether oxygens (including phenoxy) is 1. The Balaban J connectivity index is 1.39. The average molecular weight is 460 g/mol. The predicted octanol–water partition coefficient (Wildman–Crippen LogP) is 4.71. The molecule has 5 aromatic rings. The zero-order valence-corrected chi connectivity index (χ0v) is 18.1. The molecule has 0 aliphatic carbocycles. The number of benzene rings is 1. The second-order valence-electron chi connectivity index (χ2n) is 7.00. The molecule has 0 radical (unpaired) electrons. The third kappa shape index (κ3) is 4.37. The molecule has 9 nitrogen and oxygen atoms in total. The van der Waals surface area contributed by atoms with Crippen molar-refractivity contribution in [2.24, 2.45) is 0 Å². The van der Waals surface area contributed by atoms with Gasteiger partial charge in [-0.2, -0.15) is 0 Å². The van der Waals surface area contributed by atoms with Gasteiger partial charge in [-0.1, -0.05) is 0 Å². The van der Waals surface area contributed by atoms with Crippen LogP contribution in [0.5, 0.6) is 0 Å². The van der Waals surface area contributed by atoms with Crippen LogP contribution in [-0.2, 0) is 9.53 Å². The summed E-state index contributed by atoms with van der Waals surface area (Å²) < 4.78 is 16.2. The second kappa shape index (κ2) is 8.67. The molecular formula is C23H16N4O5S. The summed E-state index contributed by atoms with van der Waals surface area (Å²) in [6, 6.07) is 11.9. The molecule has 5 rings (SSSR count). The van der Waals surface area contributed by atoms with E-state index in [1.54, 1.807) is 55.0 Å². The minimum absolute atomic E-state index is 0.242. The van der Waals surface area contributed by atoms with Gasteiger partial charge in [0.25, 0.3) is 5.91 Å². The lowest BCUT2D eigenvalue weighted by molar-refractivity contribution is -0.119. The molecule has 1 N–H and O–H groups in total. The van der Waals surface area contributed by atoms with Crippen LogP contribution in [0, 0.1) is 6.92 Å². The third-order valence-electron chi connectivity index (χ3n) is 4.61. The fraction of sp³-hybridized carbons (Fsp3) is 0.0870. The molecule has 0 saturated heterocycles. The molecule has 0 spiro atoms. The highest BCUT2D eigenvalue weighted by atomic mass is 32.1. The van der Waals surface area contributed by atoms with Gasteiger partial charge >= 0.3 is 5.97 Å². The van der Waals surface area contributed by atoms with E-state index in [-0.39, 0.29) is 5.56 Å². The minimum atomic E-state index is -0.654. The summed E-state index contributed by atoms with van der Waals surface area (Å²) >= 11 is 1.30. The molecule has 0 saturated carbocycles. The van der Waals surface area contributed by atoms with Gasteiger partial charge < -0.3 is 13.6 Å². The highest BCUT2D eigenvalue weighted by Crippen LogP contribution is 2.31. The van der Waals surface area contributed by atoms with Gasteiger partial charge in [0.15, 0.2) is 23.3 Å². The summed E-state index contributed by atoms with van der Waals surface area (Å²) in [5.74, 6) is -0.0705. The number of aryl methyl sites for hydroxylation is 1. The largest absolute Gasteiger partial charge is 0.463 e. The van der Waals surface area contributed by atoms with Gasteiger partial charge in [-0.15, -0.1) is 11.3 Å². The van der Waals surface area contributed by atoms with Crippen molar-refractivity contribution < 1.29 is 23.2 Å². The molecular weight excluding hydrogens is 444 g/mol. The van der Waals surface area contributed by atoms with Crippen LogP contribution in [0.15, 0.2) is 69.2 Å². The first-order valence-electron chi connectivity index (χ1n) is 9.85. The number of nitrogens with zero attached hydrogens (tertiary/aromatic N) is 3. The molecule has 0 atom stereocenters. The summed E-state index contributed by atoms with van der Waals surface area (Å²) in [4.78, 5) is 38.0. The Labute approximate surface area is 191 Å². The van der Waals surface area contributed by atoms with Crippen molar-refractivity contribution in [2.45, 2.75) is 6.92 Å². The van der Waals surface area contributed by atoms with E-state index < -0.39 is 18.5 Å². The first-order valence-corrected chi connectivity index (χ1v) is 10.7. The zero-order chi connectivity index (χ0) is 22.8. The monoisotopic (exact) mass is 460 g/mol. The third-order valence-corrected chi connectivity index (χ3v) is 5.48. The van der Waals surface area contributed by atoms with Crippen LogP contribution in [0.25, 0.3) is 33.9 Å². The number of furan rings is 2. The number of fused-ring (bicyclic) bond motifs is 1. The molecule has 33 heavy (non-hydrogen) atoms. The van der Waals surface area contributed by atoms with E-state index in [2.05, 4.69) is 20.3 Å². The molecule has 10 heteroatoms. The van der Waals surface area contributed by atoms with E-state index in [4.69, 9.17) is 13.6 Å². The van der Waals surface area contributed by atoms with Crippen molar-refractivity contribution in [1.82, 2.24) is 15.0 Å². The summed E-state index contributed by atoms with van der Waals surface area (Å²) in [6.07, 6.45) is 3.09. The predicted molar refractivity (Wildman–Crippen MR) is 121 cm³/mol. The smallest absolute Gasteiger partial charge is 0.338 e. The number of rotatable bonds is 6. The molecule has 4 heterocycles. The van der Waals surface area contributed by atoms with Crippen LogP contribution in [0.4, 0.5) is 5.13 Å². The Morgan fingerprint density at radius 1 is 0.970 bits per heavy atom. The normalized spacial score (nSPS) is 10.9. The zero-order valence-electron chi connectivity index (χ0n) is 17.3. The molecule has 0 unspecified atom stereocenters. The maximum atomic E-state index is 12.5. The fourth-order valence-corrected chi connectivity index (χ4v) is 3.84. The number of anilines is 1. The Hall–Kier alpha value is -4.31. The Bertz CT molecular complexity index is 1440. The number of hydrogen-bond acceptors (Lipinski definition) is 9. The van der Waals surface area contributed by atoms with Crippen molar-refractivity contribution in [3.8, 4) is 22.9 Å². The number of aromatic nitrogens is 3. The van der Waals surface area contributed by atoms with Gasteiger partial charge in [0, 0.05) is 5.38 Å². The molecule has 1 amide bonds. The van der Waals surface area contributed by atoms with Crippen LogP contribution < -0.4 is 5.32 Å². The Kier molecular flexibility index (Phi) is 5.41. The second-order valence-corrected chi connectivity index (χ2v) is 7.86. The lowest BCUT2D eigenvalue weighted by Crippen LogP contribution is -2.20. The quantitative estimate of drug-likeness (QED) is 0.362. The van der Waals surface area contributed by atoms with Crippen LogP contribution in [0.3, 0.4) is 0 Å². The summed E-state index contributed by atoms with van der Waals surface area (Å²) in [5.41, 5.74) is 3.07. The maximum absolute atomic E-state index is 12.5. The van der Waals surface area contributed by atoms with Crippen LogP contribution in [-0.4, -0.2) is 33.4 Å². The number of hydrogen-bond donors (Lipinski definition) is 1. The van der Waals surface area contributed by atoms with Gasteiger partial charge in [0.05, 0.1) is 34.8 Å². The number of amides is 1. The summed E-state index contributed by atoms with van der Waals surface area (Å²) in [7, 11) is 0. The lowest BCUT2D eigenvalue weighted by atomic mass is 10.1. The summed E-state index contributed by atoms with van der Waals surface area (Å²) in [6.45, 7) is 1.39. The Morgan fingerprint density at radius 3 is 2.27 bits per heavy atom. The van der Waals surface area contributed by atoms with Crippen molar-refractivity contribution in [1.29, 1.82) is 0 Å². The van der Waals surface area contributed by atoms with E-state index in [0.29, 0.717) is 39.1 Å². The summed E-state index contributed by atoms with van der Waals surface area (Å²) in [5, 5.41) is 4.85. The van der Waals surface area contributed by atoms with Crippen molar-refractivity contribution in [2.75, 3.05) is 11.9 Å². The van der Waals surface area contributed by atoms with E-state index in [0.717, 1.165) is 5.69 Å². The van der Waals surface area contributed by atoms with Gasteiger partial charge in [-0.25, -0.2) is 19.7 Å². The van der Waals surface area contributed by atoms with Gasteiger partial charge in [0.2, 0.25) is 0 Å². The van der Waals surface area contributed by atoms with Gasteiger partial charge in [0.1, 0.15) is 11.4 Å². The van der Waals surface area contributed by atoms with E-state index >= 15 is 0 Å². The molecule has 0 aliphatic rings. The molecule has 0 bridgehead atoms. The first-order chi connectivity index (χ1) is 16.1. The maximum Gasteiger partial charge on any atom is 0.338 e. The van der Waals surface area contributed by atoms with Crippen LogP contribution in [0.2, 0.25) is 0 Å². The fourth-order valence-electron chi connectivity index (χ4n) is 3.13. The highest BCUT2D eigenvalue weighted by Gasteiger charge is 2.19. The molecule has 164 valence electrons. The molecule has 0 fully saturated rings. The van der Waals surface area contributed by atoms with Gasteiger partial charge in [-0.3, -0.25) is 10.1 Å². The number of thiazole rings is 1.